The highest BCUT2D eigenvalue weighted by Crippen LogP contribution is 2.30. The monoisotopic (exact) mass is 524 g/mol. The molecule has 4 nitrogen and oxygen atoms in total. The van der Waals surface area contributed by atoms with Gasteiger partial charge in [-0.3, -0.25) is 9.59 Å². The highest BCUT2D eigenvalue weighted by atomic mass is 16.6. The first-order chi connectivity index (χ1) is 18.1. The second kappa shape index (κ2) is 26.5. The lowest BCUT2D eigenvalue weighted by Crippen LogP contribution is -2.41. The van der Waals surface area contributed by atoms with Gasteiger partial charge < -0.3 is 9.47 Å². The van der Waals surface area contributed by atoms with E-state index in [0.29, 0.717) is 26.1 Å². The Kier molecular flexibility index (Phi) is 25.8. The van der Waals surface area contributed by atoms with Crippen LogP contribution >= 0.6 is 0 Å². The Morgan fingerprint density at radius 3 is 0.892 bits per heavy atom. The molecule has 0 aromatic heterocycles. The molecule has 0 N–H and O–H groups in total. The second-order valence-corrected chi connectivity index (χ2v) is 11.1. The lowest BCUT2D eigenvalue weighted by Gasteiger charge is -2.27. The minimum Gasteiger partial charge on any atom is -0.465 e. The number of carbonyl (C=O) groups is 2. The van der Waals surface area contributed by atoms with Crippen LogP contribution in [0, 0.1) is 5.41 Å². The molecule has 0 aliphatic carbocycles. The summed E-state index contributed by atoms with van der Waals surface area (Å²) in [5, 5.41) is 0. The third kappa shape index (κ3) is 18.8. The average Bonchev–Trinajstić information content (AvgIpc) is 2.91. The fraction of sp³-hybridized carbons (Fsp3) is 0.939. The van der Waals surface area contributed by atoms with E-state index in [0.717, 1.165) is 25.7 Å². The fourth-order valence-electron chi connectivity index (χ4n) is 5.05. The number of hydrogen-bond donors (Lipinski definition) is 0. The fourth-order valence-corrected chi connectivity index (χ4v) is 5.05. The van der Waals surface area contributed by atoms with E-state index in [1.807, 2.05) is 13.8 Å². The van der Waals surface area contributed by atoms with Crippen LogP contribution in [-0.4, -0.2) is 25.2 Å². The molecule has 0 aromatic rings. The standard InChI is InChI=1S/C33H64O4/c1-5-9-11-13-15-16-17-18-19-20-21-22-24-26-28-30-37-32(35)33(7-3,8-4)31(34)36-29-27-25-23-14-12-10-6-2/h5-30H2,1-4H3. The molecule has 0 fully saturated rings. The molecule has 0 amide bonds. The first-order valence-electron chi connectivity index (χ1n) is 16.4. The summed E-state index contributed by atoms with van der Waals surface area (Å²) in [7, 11) is 0. The summed E-state index contributed by atoms with van der Waals surface area (Å²) in [6.07, 6.45) is 28.7. The molecule has 0 bridgehead atoms. The minimum atomic E-state index is -1.14. The number of carbonyl (C=O) groups excluding carboxylic acids is 2. The first-order valence-corrected chi connectivity index (χ1v) is 16.4. The molecule has 0 spiro atoms. The quantitative estimate of drug-likeness (QED) is 0.0580. The Morgan fingerprint density at radius 1 is 0.405 bits per heavy atom. The van der Waals surface area contributed by atoms with E-state index in [-0.39, 0.29) is 0 Å². The minimum absolute atomic E-state index is 0.396. The Balaban J connectivity index is 3.83. The van der Waals surface area contributed by atoms with Gasteiger partial charge in [0.2, 0.25) is 0 Å². The normalized spacial score (nSPS) is 11.6. The van der Waals surface area contributed by atoms with Crippen molar-refractivity contribution in [3.8, 4) is 0 Å². The van der Waals surface area contributed by atoms with Gasteiger partial charge in [0, 0.05) is 0 Å². The van der Waals surface area contributed by atoms with Gasteiger partial charge in [0.15, 0.2) is 5.41 Å². The van der Waals surface area contributed by atoms with Crippen LogP contribution in [0.3, 0.4) is 0 Å². The maximum absolute atomic E-state index is 12.8. The maximum atomic E-state index is 12.8. The average molecular weight is 525 g/mol. The molecule has 0 saturated carbocycles. The zero-order valence-corrected chi connectivity index (χ0v) is 25.5. The van der Waals surface area contributed by atoms with Crippen LogP contribution in [-0.2, 0) is 19.1 Å². The molecular weight excluding hydrogens is 460 g/mol. The number of rotatable bonds is 28. The van der Waals surface area contributed by atoms with Gasteiger partial charge in [-0.2, -0.15) is 0 Å². The van der Waals surface area contributed by atoms with Crippen LogP contribution in [0.5, 0.6) is 0 Å². The SMILES string of the molecule is CCCCCCCCCCCCCCCCCOC(=O)C(CC)(CC)C(=O)OCCCCCCCCC. The van der Waals surface area contributed by atoms with Crippen molar-refractivity contribution in [1.29, 1.82) is 0 Å². The van der Waals surface area contributed by atoms with Crippen molar-refractivity contribution in [2.75, 3.05) is 13.2 Å². The van der Waals surface area contributed by atoms with Gasteiger partial charge >= 0.3 is 11.9 Å². The number of ether oxygens (including phenoxy) is 2. The summed E-state index contributed by atoms with van der Waals surface area (Å²) in [4.78, 5) is 25.6. The van der Waals surface area contributed by atoms with Crippen LogP contribution in [0.15, 0.2) is 0 Å². The topological polar surface area (TPSA) is 52.6 Å². The summed E-state index contributed by atoms with van der Waals surface area (Å²) in [6.45, 7) is 9.07. The van der Waals surface area contributed by atoms with Crippen molar-refractivity contribution in [1.82, 2.24) is 0 Å². The van der Waals surface area contributed by atoms with Gasteiger partial charge in [0.25, 0.3) is 0 Å². The summed E-state index contributed by atoms with van der Waals surface area (Å²) in [6, 6.07) is 0. The molecule has 0 aliphatic heterocycles. The van der Waals surface area contributed by atoms with Crippen LogP contribution < -0.4 is 0 Å². The Labute approximate surface area is 231 Å². The van der Waals surface area contributed by atoms with Gasteiger partial charge in [0.05, 0.1) is 13.2 Å². The van der Waals surface area contributed by atoms with Crippen molar-refractivity contribution in [3.05, 3.63) is 0 Å². The molecule has 0 heterocycles. The third-order valence-electron chi connectivity index (χ3n) is 7.95. The van der Waals surface area contributed by atoms with Crippen molar-refractivity contribution in [2.45, 2.75) is 182 Å². The largest absolute Gasteiger partial charge is 0.465 e. The summed E-state index contributed by atoms with van der Waals surface area (Å²) in [5.41, 5.74) is -1.14. The molecule has 0 saturated heterocycles. The van der Waals surface area contributed by atoms with E-state index < -0.39 is 17.4 Å². The van der Waals surface area contributed by atoms with Gasteiger partial charge in [0.1, 0.15) is 0 Å². The van der Waals surface area contributed by atoms with E-state index in [2.05, 4.69) is 13.8 Å². The highest BCUT2D eigenvalue weighted by Gasteiger charge is 2.45. The Hall–Kier alpha value is -1.06. The van der Waals surface area contributed by atoms with E-state index in [4.69, 9.17) is 9.47 Å². The number of esters is 2. The molecule has 220 valence electrons. The molecule has 0 aromatic carbocycles. The predicted molar refractivity (Wildman–Crippen MR) is 158 cm³/mol. The lowest BCUT2D eigenvalue weighted by atomic mass is 9.82. The van der Waals surface area contributed by atoms with Crippen LogP contribution in [0.2, 0.25) is 0 Å². The Morgan fingerprint density at radius 2 is 0.649 bits per heavy atom. The Bertz CT molecular complexity index is 512. The van der Waals surface area contributed by atoms with E-state index in [1.165, 1.54) is 116 Å². The molecule has 0 rings (SSSR count). The molecule has 0 radical (unpaired) electrons. The smallest absolute Gasteiger partial charge is 0.323 e. The zero-order valence-electron chi connectivity index (χ0n) is 25.5. The van der Waals surface area contributed by atoms with Crippen molar-refractivity contribution < 1.29 is 19.1 Å². The summed E-state index contributed by atoms with van der Waals surface area (Å²) >= 11 is 0. The van der Waals surface area contributed by atoms with Crippen molar-refractivity contribution in [2.24, 2.45) is 5.41 Å². The maximum Gasteiger partial charge on any atom is 0.323 e. The zero-order chi connectivity index (χ0) is 27.5. The first kappa shape index (κ1) is 35.9. The highest BCUT2D eigenvalue weighted by molar-refractivity contribution is 5.99. The molecule has 0 unspecified atom stereocenters. The van der Waals surface area contributed by atoms with Gasteiger partial charge in [-0.1, -0.05) is 156 Å². The predicted octanol–water partition coefficient (Wildman–Crippen LogP) is 10.5. The molecular formula is C33H64O4. The molecule has 37 heavy (non-hydrogen) atoms. The summed E-state index contributed by atoms with van der Waals surface area (Å²) in [5.74, 6) is -0.794. The summed E-state index contributed by atoms with van der Waals surface area (Å²) < 4.78 is 11.1. The van der Waals surface area contributed by atoms with Gasteiger partial charge in [-0.05, 0) is 25.7 Å². The third-order valence-corrected chi connectivity index (χ3v) is 7.95. The van der Waals surface area contributed by atoms with E-state index in [9.17, 15) is 9.59 Å². The van der Waals surface area contributed by atoms with Gasteiger partial charge in [-0.25, -0.2) is 0 Å². The van der Waals surface area contributed by atoms with Crippen LogP contribution in [0.25, 0.3) is 0 Å². The molecule has 0 aliphatic rings. The van der Waals surface area contributed by atoms with Crippen LogP contribution in [0.4, 0.5) is 0 Å². The van der Waals surface area contributed by atoms with E-state index in [1.54, 1.807) is 0 Å². The van der Waals surface area contributed by atoms with Gasteiger partial charge in [-0.15, -0.1) is 0 Å². The van der Waals surface area contributed by atoms with Crippen molar-refractivity contribution in [3.63, 3.8) is 0 Å². The molecule has 4 heteroatoms. The molecule has 0 atom stereocenters. The van der Waals surface area contributed by atoms with Crippen molar-refractivity contribution >= 4 is 11.9 Å². The lowest BCUT2D eigenvalue weighted by molar-refractivity contribution is -0.173. The van der Waals surface area contributed by atoms with Crippen LogP contribution in [0.1, 0.15) is 182 Å². The second-order valence-electron chi connectivity index (χ2n) is 11.1. The van der Waals surface area contributed by atoms with E-state index >= 15 is 0 Å². The number of hydrogen-bond acceptors (Lipinski definition) is 4. The number of unbranched alkanes of at least 4 members (excludes halogenated alkanes) is 20.